The Morgan fingerprint density at radius 3 is 2.42 bits per heavy atom. The lowest BCUT2D eigenvalue weighted by molar-refractivity contribution is -0.139. The van der Waals surface area contributed by atoms with Gasteiger partial charge in [0.15, 0.2) is 0 Å². The summed E-state index contributed by atoms with van der Waals surface area (Å²) in [5.41, 5.74) is 8.35. The summed E-state index contributed by atoms with van der Waals surface area (Å²) in [4.78, 5) is 59.7. The Morgan fingerprint density at radius 1 is 0.977 bits per heavy atom. The number of benzene rings is 1. The van der Waals surface area contributed by atoms with Crippen LogP contribution in [0.4, 0.5) is 5.69 Å². The van der Waals surface area contributed by atoms with Gasteiger partial charge in [-0.05, 0) is 43.5 Å². The van der Waals surface area contributed by atoms with Gasteiger partial charge < -0.3 is 26.4 Å². The number of amides is 4. The molecule has 16 nitrogen and oxygen atoms in total. The van der Waals surface area contributed by atoms with Crippen molar-refractivity contribution in [3.8, 4) is 0 Å². The number of unbranched alkanes of at least 4 members (excludes halogenated alkanes) is 4. The van der Waals surface area contributed by atoms with Gasteiger partial charge in [0.05, 0.1) is 6.17 Å². The Hall–Kier alpha value is -3.83. The Labute approximate surface area is 249 Å². The number of piperazine rings is 1. The fourth-order valence-corrected chi connectivity index (χ4v) is 4.86. The van der Waals surface area contributed by atoms with E-state index in [1.807, 2.05) is 0 Å². The number of carbonyl (C=O) groups excluding carboxylic acids is 4. The van der Waals surface area contributed by atoms with Crippen molar-refractivity contribution < 1.29 is 34.3 Å². The average molecular weight is 606 g/mol. The number of rotatable bonds is 17. The first-order valence-corrected chi connectivity index (χ1v) is 14.5. The van der Waals surface area contributed by atoms with Crippen LogP contribution in [0.2, 0.25) is 0 Å². The number of nitrogens with two attached hydrogens (primary N) is 1. The zero-order valence-electron chi connectivity index (χ0n) is 24.0. The van der Waals surface area contributed by atoms with Crippen LogP contribution in [0.3, 0.4) is 0 Å². The number of hydroxylamine groups is 1. The molecule has 0 spiro atoms. The Balaban J connectivity index is 1.33. The molecule has 16 heteroatoms. The highest BCUT2D eigenvalue weighted by molar-refractivity contribution is 5.97. The Kier molecular flexibility index (Phi) is 13.6. The maximum atomic E-state index is 12.7. The molecule has 0 aromatic heterocycles. The summed E-state index contributed by atoms with van der Waals surface area (Å²) in [6, 6.07) is 4.84. The molecule has 0 radical (unpaired) electrons. The molecule has 0 aliphatic carbocycles. The molecule has 43 heavy (non-hydrogen) atoms. The van der Waals surface area contributed by atoms with Crippen molar-refractivity contribution in [3.63, 3.8) is 0 Å². The topological polar surface area (TPSA) is 248 Å². The predicted octanol–water partition coefficient (Wildman–Crippen LogP) is -1.76. The molecule has 0 bridgehead atoms. The molecule has 2 aliphatic rings. The van der Waals surface area contributed by atoms with Crippen molar-refractivity contribution in [3.05, 3.63) is 29.8 Å². The fourth-order valence-electron chi connectivity index (χ4n) is 4.86. The van der Waals surface area contributed by atoms with Crippen molar-refractivity contribution in [2.45, 2.75) is 81.9 Å². The van der Waals surface area contributed by atoms with Crippen LogP contribution in [0.15, 0.2) is 24.3 Å². The monoisotopic (exact) mass is 605 g/mol. The van der Waals surface area contributed by atoms with Gasteiger partial charge in [0, 0.05) is 49.8 Å². The first-order chi connectivity index (χ1) is 20.7. The van der Waals surface area contributed by atoms with E-state index < -0.39 is 36.2 Å². The van der Waals surface area contributed by atoms with Crippen LogP contribution >= 0.6 is 0 Å². The third-order valence-corrected chi connectivity index (χ3v) is 7.26. The van der Waals surface area contributed by atoms with Crippen LogP contribution in [0.5, 0.6) is 0 Å². The quantitative estimate of drug-likeness (QED) is 0.0537. The molecule has 238 valence electrons. The second-order valence-corrected chi connectivity index (χ2v) is 10.6. The molecular formula is C27H43N9O7. The van der Waals surface area contributed by atoms with E-state index in [2.05, 4.69) is 37.2 Å². The van der Waals surface area contributed by atoms with E-state index in [9.17, 15) is 29.1 Å². The van der Waals surface area contributed by atoms with E-state index in [-0.39, 0.29) is 48.8 Å². The van der Waals surface area contributed by atoms with Crippen molar-refractivity contribution in [1.82, 2.24) is 37.4 Å². The number of hydrogen-bond donors (Lipinski definition) is 11. The minimum absolute atomic E-state index is 0.0431. The molecule has 12 N–H and O–H groups in total. The highest BCUT2D eigenvalue weighted by Crippen LogP contribution is 2.12. The van der Waals surface area contributed by atoms with Gasteiger partial charge in [0.2, 0.25) is 17.7 Å². The Bertz CT molecular complexity index is 1100. The lowest BCUT2D eigenvalue weighted by Gasteiger charge is -2.42. The van der Waals surface area contributed by atoms with Gasteiger partial charge in [0.25, 0.3) is 5.91 Å². The van der Waals surface area contributed by atoms with Gasteiger partial charge in [0.1, 0.15) is 18.4 Å². The normalized spacial score (nSPS) is 22.0. The molecule has 1 aromatic rings. The zero-order valence-corrected chi connectivity index (χ0v) is 24.0. The highest BCUT2D eigenvalue weighted by Gasteiger charge is 2.39. The van der Waals surface area contributed by atoms with Gasteiger partial charge in [-0.25, -0.2) is 10.3 Å². The number of carboxylic acids is 1. The molecule has 2 heterocycles. The minimum atomic E-state index is -1.23. The van der Waals surface area contributed by atoms with Crippen LogP contribution in [0.25, 0.3) is 0 Å². The average Bonchev–Trinajstić information content (AvgIpc) is 2.99. The summed E-state index contributed by atoms with van der Waals surface area (Å²) >= 11 is 0. The molecule has 1 aromatic carbocycles. The van der Waals surface area contributed by atoms with E-state index >= 15 is 0 Å². The molecule has 5 atom stereocenters. The third kappa shape index (κ3) is 11.4. The summed E-state index contributed by atoms with van der Waals surface area (Å²) in [5, 5.41) is 38.7. The zero-order chi connectivity index (χ0) is 31.2. The number of anilines is 1. The van der Waals surface area contributed by atoms with Crippen LogP contribution in [0.1, 0.15) is 61.7 Å². The smallest absolute Gasteiger partial charge is 0.326 e. The number of fused-ring (bicyclic) bond motifs is 1. The maximum absolute atomic E-state index is 12.7. The molecule has 4 amide bonds. The van der Waals surface area contributed by atoms with Crippen LogP contribution in [-0.4, -0.2) is 90.1 Å². The van der Waals surface area contributed by atoms with Crippen LogP contribution < -0.4 is 48.4 Å². The summed E-state index contributed by atoms with van der Waals surface area (Å²) in [7, 11) is 0. The number of hydrogen-bond acceptors (Lipinski definition) is 11. The first-order valence-electron chi connectivity index (χ1n) is 14.5. The molecular weight excluding hydrogens is 562 g/mol. The van der Waals surface area contributed by atoms with Gasteiger partial charge in [-0.1, -0.05) is 19.3 Å². The number of nitrogens with one attached hydrogen (secondary N) is 8. The highest BCUT2D eigenvalue weighted by atomic mass is 16.5. The van der Waals surface area contributed by atoms with E-state index in [4.69, 9.17) is 10.9 Å². The molecule has 2 saturated heterocycles. The van der Waals surface area contributed by atoms with Crippen molar-refractivity contribution in [1.29, 1.82) is 0 Å². The second-order valence-electron chi connectivity index (χ2n) is 10.6. The maximum Gasteiger partial charge on any atom is 0.326 e. The molecule has 2 aliphatic heterocycles. The molecule has 4 unspecified atom stereocenters. The lowest BCUT2D eigenvalue weighted by atomic mass is 10.1. The summed E-state index contributed by atoms with van der Waals surface area (Å²) < 4.78 is 0. The molecule has 2 fully saturated rings. The number of aliphatic carboxylic acids is 1. The second kappa shape index (κ2) is 17.3. The lowest BCUT2D eigenvalue weighted by Crippen LogP contribution is -2.78. The third-order valence-electron chi connectivity index (χ3n) is 7.26. The van der Waals surface area contributed by atoms with E-state index in [1.54, 1.807) is 29.7 Å². The Morgan fingerprint density at radius 2 is 1.70 bits per heavy atom. The van der Waals surface area contributed by atoms with E-state index in [0.717, 1.165) is 31.4 Å². The predicted molar refractivity (Wildman–Crippen MR) is 155 cm³/mol. The molecule has 3 rings (SSSR count). The van der Waals surface area contributed by atoms with Gasteiger partial charge in [-0.15, -0.1) is 0 Å². The number of carboxylic acid groups (broad SMARTS) is 1. The van der Waals surface area contributed by atoms with Crippen LogP contribution in [-0.2, 0) is 19.2 Å². The standard InChI is InChI=1S/C27H43N9O7/c28-27-34-23-22(25(40)35-27)32-18(15-31-23)14-30-17-9-7-16(8-10-17)24(39)33-19(26(41)42)11-12-20(37)29-13-5-3-1-2-4-6-21(38)36-43/h7-10,18-19,22-23,27,30-32,34,43H,1-6,11-15,28H2,(H,29,37)(H,33,39)(H,35,40)(H,36,38)(H,41,42)/t18?,19-,22?,23?,27?/m0/s1. The first kappa shape index (κ1) is 33.7. The minimum Gasteiger partial charge on any atom is -0.480 e. The molecule has 0 saturated carbocycles. The summed E-state index contributed by atoms with van der Waals surface area (Å²) in [5.74, 6) is -2.67. The van der Waals surface area contributed by atoms with Crippen molar-refractivity contribution in [2.75, 3.05) is 25.0 Å². The van der Waals surface area contributed by atoms with Gasteiger partial charge in [-0.2, -0.15) is 0 Å². The SMILES string of the molecule is NC1NC(=O)C2NC(CNc3ccc(C(=O)N[C@@H](CCC(=O)NCCCCCCCC(=O)NO)C(=O)O)cc3)CNC2N1. The largest absolute Gasteiger partial charge is 0.480 e. The number of carbonyl (C=O) groups is 5. The van der Waals surface area contributed by atoms with Crippen molar-refractivity contribution >= 4 is 35.3 Å². The van der Waals surface area contributed by atoms with Gasteiger partial charge >= 0.3 is 5.97 Å². The fraction of sp³-hybridized carbons (Fsp3) is 0.593. The summed E-state index contributed by atoms with van der Waals surface area (Å²) in [6.45, 7) is 1.57. The van der Waals surface area contributed by atoms with Crippen LogP contribution in [0, 0.1) is 0 Å². The van der Waals surface area contributed by atoms with Crippen molar-refractivity contribution in [2.24, 2.45) is 5.73 Å². The van der Waals surface area contributed by atoms with Gasteiger partial charge in [-0.3, -0.25) is 46.1 Å². The van der Waals surface area contributed by atoms with E-state index in [0.29, 0.717) is 26.1 Å². The van der Waals surface area contributed by atoms with E-state index in [1.165, 1.54) is 0 Å². The summed E-state index contributed by atoms with van der Waals surface area (Å²) in [6.07, 6.45) is 3.34.